The number of allylic oxidation sites excluding steroid dienone is 2. The van der Waals surface area contributed by atoms with E-state index in [2.05, 4.69) is 31.2 Å². The summed E-state index contributed by atoms with van der Waals surface area (Å²) < 4.78 is 5.34. The Hall–Kier alpha value is -1.54. The van der Waals surface area contributed by atoms with Crippen LogP contribution in [-0.4, -0.2) is 18.3 Å². The van der Waals surface area contributed by atoms with Gasteiger partial charge in [0, 0.05) is 5.41 Å². The lowest BCUT2D eigenvalue weighted by atomic mass is 9.69. The van der Waals surface area contributed by atoms with E-state index < -0.39 is 0 Å². The number of aliphatic hydroxyl groups is 1. The Labute approximate surface area is 119 Å². The van der Waals surface area contributed by atoms with Gasteiger partial charge in [0.2, 0.25) is 0 Å². The normalized spacial score (nSPS) is 30.8. The number of hydrogen-bond acceptors (Lipinski definition) is 2. The maximum absolute atomic E-state index is 10.3. The van der Waals surface area contributed by atoms with Crippen molar-refractivity contribution in [2.24, 2.45) is 5.41 Å². The summed E-state index contributed by atoms with van der Waals surface area (Å²) in [6, 6.07) is 6.42. The first-order valence-electron chi connectivity index (χ1n) is 7.42. The van der Waals surface area contributed by atoms with E-state index in [0.29, 0.717) is 0 Å². The van der Waals surface area contributed by atoms with E-state index in [1.807, 2.05) is 0 Å². The standard InChI is InChI=1S/C18H20O2/c1-18-8-7-14-13-4-3-12(20-2)9-11(13)10-15(14)16(18)5-6-17(18)19/h3-5,9,17,19H,6-8,10H2,1-2H3. The van der Waals surface area contributed by atoms with E-state index in [-0.39, 0.29) is 11.5 Å². The highest BCUT2D eigenvalue weighted by Crippen LogP contribution is 2.56. The Morgan fingerprint density at radius 1 is 1.30 bits per heavy atom. The molecule has 0 heterocycles. The van der Waals surface area contributed by atoms with Gasteiger partial charge < -0.3 is 9.84 Å². The van der Waals surface area contributed by atoms with E-state index in [1.165, 1.54) is 27.8 Å². The average Bonchev–Trinajstić information content (AvgIpc) is 2.96. The Kier molecular flexibility index (Phi) is 2.43. The number of methoxy groups -OCH3 is 1. The fourth-order valence-electron chi connectivity index (χ4n) is 4.20. The van der Waals surface area contributed by atoms with Gasteiger partial charge in [-0.2, -0.15) is 0 Å². The Morgan fingerprint density at radius 2 is 2.15 bits per heavy atom. The number of aliphatic hydroxyl groups excluding tert-OH is 1. The van der Waals surface area contributed by atoms with E-state index in [9.17, 15) is 5.11 Å². The van der Waals surface area contributed by atoms with Crippen LogP contribution in [-0.2, 0) is 6.42 Å². The van der Waals surface area contributed by atoms with E-state index >= 15 is 0 Å². The SMILES string of the molecule is COc1ccc2c(c1)CC1=C2CCC2(C)C1=CCC2O. The molecule has 0 spiro atoms. The van der Waals surface area contributed by atoms with Crippen LogP contribution in [0.4, 0.5) is 0 Å². The van der Waals surface area contributed by atoms with Crippen molar-refractivity contribution in [2.45, 2.75) is 38.7 Å². The maximum Gasteiger partial charge on any atom is 0.119 e. The van der Waals surface area contributed by atoms with Gasteiger partial charge in [-0.1, -0.05) is 19.1 Å². The zero-order chi connectivity index (χ0) is 13.9. The van der Waals surface area contributed by atoms with Crippen molar-refractivity contribution in [3.05, 3.63) is 46.5 Å². The van der Waals surface area contributed by atoms with Crippen molar-refractivity contribution in [3.63, 3.8) is 0 Å². The van der Waals surface area contributed by atoms with Crippen molar-refractivity contribution >= 4 is 5.57 Å². The van der Waals surface area contributed by atoms with Gasteiger partial charge in [0.15, 0.2) is 0 Å². The molecular formula is C18H20O2. The molecule has 0 aromatic heterocycles. The number of hydrogen-bond donors (Lipinski definition) is 1. The fourth-order valence-corrected chi connectivity index (χ4v) is 4.20. The molecule has 2 atom stereocenters. The van der Waals surface area contributed by atoms with Crippen molar-refractivity contribution in [2.75, 3.05) is 7.11 Å². The molecule has 2 unspecified atom stereocenters. The minimum absolute atomic E-state index is 0.0229. The minimum atomic E-state index is -0.204. The molecule has 1 aromatic carbocycles. The molecule has 0 radical (unpaired) electrons. The van der Waals surface area contributed by atoms with Gasteiger partial charge in [-0.25, -0.2) is 0 Å². The summed E-state index contributed by atoms with van der Waals surface area (Å²) in [7, 11) is 1.72. The first kappa shape index (κ1) is 12.2. The highest BCUT2D eigenvalue weighted by atomic mass is 16.5. The van der Waals surface area contributed by atoms with Gasteiger partial charge in [-0.05, 0) is 65.7 Å². The Morgan fingerprint density at radius 3 is 2.95 bits per heavy atom. The topological polar surface area (TPSA) is 29.5 Å². The predicted molar refractivity (Wildman–Crippen MR) is 79.7 cm³/mol. The first-order valence-corrected chi connectivity index (χ1v) is 7.42. The molecule has 104 valence electrons. The van der Waals surface area contributed by atoms with E-state index in [4.69, 9.17) is 4.74 Å². The van der Waals surface area contributed by atoms with Crippen LogP contribution < -0.4 is 4.74 Å². The summed E-state index contributed by atoms with van der Waals surface area (Å²) >= 11 is 0. The molecule has 3 aliphatic carbocycles. The number of benzene rings is 1. The largest absolute Gasteiger partial charge is 0.497 e. The van der Waals surface area contributed by atoms with Crippen LogP contribution in [0.25, 0.3) is 5.57 Å². The molecule has 4 rings (SSSR count). The number of ether oxygens (including phenoxy) is 1. The second kappa shape index (κ2) is 3.98. The second-order valence-corrected chi connectivity index (χ2v) is 6.44. The van der Waals surface area contributed by atoms with Gasteiger partial charge in [0.05, 0.1) is 13.2 Å². The zero-order valence-corrected chi connectivity index (χ0v) is 12.1. The van der Waals surface area contributed by atoms with Gasteiger partial charge in [-0.15, -0.1) is 0 Å². The molecule has 0 saturated carbocycles. The smallest absolute Gasteiger partial charge is 0.119 e. The van der Waals surface area contributed by atoms with Gasteiger partial charge in [-0.3, -0.25) is 0 Å². The fraction of sp³-hybridized carbons (Fsp3) is 0.444. The lowest BCUT2D eigenvalue weighted by molar-refractivity contribution is 0.0732. The molecule has 0 saturated heterocycles. The predicted octanol–water partition coefficient (Wildman–Crippen LogP) is 3.50. The minimum Gasteiger partial charge on any atom is -0.497 e. The van der Waals surface area contributed by atoms with Crippen LogP contribution in [0.15, 0.2) is 35.4 Å². The summed E-state index contributed by atoms with van der Waals surface area (Å²) in [6.45, 7) is 2.23. The summed E-state index contributed by atoms with van der Waals surface area (Å²) in [6.07, 6.45) is 6.01. The van der Waals surface area contributed by atoms with Crippen LogP contribution in [0.3, 0.4) is 0 Å². The van der Waals surface area contributed by atoms with Crippen molar-refractivity contribution in [3.8, 4) is 5.75 Å². The molecule has 2 heteroatoms. The molecule has 3 aliphatic rings. The van der Waals surface area contributed by atoms with Crippen molar-refractivity contribution in [1.82, 2.24) is 0 Å². The van der Waals surface area contributed by atoms with Gasteiger partial charge >= 0.3 is 0 Å². The Bertz CT molecular complexity index is 653. The molecule has 2 nitrogen and oxygen atoms in total. The van der Waals surface area contributed by atoms with Crippen LogP contribution in [0, 0.1) is 5.41 Å². The molecule has 1 aromatic rings. The molecule has 0 amide bonds. The highest BCUT2D eigenvalue weighted by molar-refractivity contribution is 5.82. The van der Waals surface area contributed by atoms with Gasteiger partial charge in [0.1, 0.15) is 5.75 Å². The molecule has 0 fully saturated rings. The molecule has 0 aliphatic heterocycles. The number of fused-ring (bicyclic) bond motifs is 4. The molecule has 20 heavy (non-hydrogen) atoms. The third kappa shape index (κ3) is 1.43. The molecule has 0 bridgehead atoms. The molecular weight excluding hydrogens is 248 g/mol. The average molecular weight is 268 g/mol. The molecule has 1 N–H and O–H groups in total. The van der Waals surface area contributed by atoms with E-state index in [1.54, 1.807) is 7.11 Å². The first-order chi connectivity index (χ1) is 9.63. The summed E-state index contributed by atoms with van der Waals surface area (Å²) in [5.41, 5.74) is 7.12. The van der Waals surface area contributed by atoms with Crippen LogP contribution in [0.2, 0.25) is 0 Å². The van der Waals surface area contributed by atoms with Crippen molar-refractivity contribution < 1.29 is 9.84 Å². The second-order valence-electron chi connectivity index (χ2n) is 6.44. The monoisotopic (exact) mass is 268 g/mol. The quantitative estimate of drug-likeness (QED) is 0.844. The summed E-state index contributed by atoms with van der Waals surface area (Å²) in [5, 5.41) is 10.3. The lowest BCUT2D eigenvalue weighted by Gasteiger charge is -2.37. The third-order valence-corrected chi connectivity index (χ3v) is 5.48. The summed E-state index contributed by atoms with van der Waals surface area (Å²) in [4.78, 5) is 0. The van der Waals surface area contributed by atoms with Gasteiger partial charge in [0.25, 0.3) is 0 Å². The van der Waals surface area contributed by atoms with Crippen LogP contribution >= 0.6 is 0 Å². The van der Waals surface area contributed by atoms with Crippen LogP contribution in [0.1, 0.15) is 37.3 Å². The van der Waals surface area contributed by atoms with Crippen LogP contribution in [0.5, 0.6) is 5.75 Å². The Balaban J connectivity index is 1.80. The third-order valence-electron chi connectivity index (χ3n) is 5.48. The maximum atomic E-state index is 10.3. The van der Waals surface area contributed by atoms with E-state index in [0.717, 1.165) is 31.4 Å². The number of rotatable bonds is 1. The summed E-state index contributed by atoms with van der Waals surface area (Å²) in [5.74, 6) is 0.937. The zero-order valence-electron chi connectivity index (χ0n) is 12.1. The lowest BCUT2D eigenvalue weighted by Crippen LogP contribution is -2.32. The highest BCUT2D eigenvalue weighted by Gasteiger charge is 2.46. The van der Waals surface area contributed by atoms with Crippen molar-refractivity contribution in [1.29, 1.82) is 0 Å².